The van der Waals surface area contributed by atoms with E-state index in [1.54, 1.807) is 22.7 Å². The predicted molar refractivity (Wildman–Crippen MR) is 131 cm³/mol. The van der Waals surface area contributed by atoms with Gasteiger partial charge in [-0.2, -0.15) is 10.2 Å². The largest absolute Gasteiger partial charge is 0.507 e. The minimum atomic E-state index is -0.400. The van der Waals surface area contributed by atoms with E-state index in [2.05, 4.69) is 20.1 Å². The van der Waals surface area contributed by atoms with Crippen molar-refractivity contribution in [1.29, 1.82) is 0 Å². The number of ether oxygens (including phenoxy) is 1. The second kappa shape index (κ2) is 9.02. The third kappa shape index (κ3) is 4.28. The average Bonchev–Trinajstić information content (AvgIpc) is 3.02. The molecule has 8 heteroatoms. The number of rotatable bonds is 4. The van der Waals surface area contributed by atoms with Crippen LogP contribution in [0.15, 0.2) is 48.8 Å². The lowest BCUT2D eigenvalue weighted by Gasteiger charge is -2.43. The first-order valence-corrected chi connectivity index (χ1v) is 12.2. The number of aromatic nitrogens is 4. The van der Waals surface area contributed by atoms with Crippen molar-refractivity contribution in [3.8, 4) is 28.1 Å². The SMILES string of the molecule is Cc1cn2cc(-c3ccc(-c4ccc(C5CN(C6CCCOCC6)C5)nn4)c(O)c3)cc(F)c2n1. The number of likely N-dealkylation sites (tertiary alicyclic amines) is 1. The van der Waals surface area contributed by atoms with Crippen LogP contribution in [0.25, 0.3) is 28.0 Å². The van der Waals surface area contributed by atoms with Crippen molar-refractivity contribution in [1.82, 2.24) is 24.5 Å². The molecule has 180 valence electrons. The Balaban J connectivity index is 1.17. The number of hydrogen-bond acceptors (Lipinski definition) is 6. The molecule has 0 spiro atoms. The molecule has 0 radical (unpaired) electrons. The second-order valence-corrected chi connectivity index (χ2v) is 9.61. The minimum Gasteiger partial charge on any atom is -0.507 e. The van der Waals surface area contributed by atoms with Crippen molar-refractivity contribution in [3.05, 3.63) is 66.0 Å². The van der Waals surface area contributed by atoms with Gasteiger partial charge in [-0.05, 0) is 62.1 Å². The number of aromatic hydroxyl groups is 1. The highest BCUT2D eigenvalue weighted by Crippen LogP contribution is 2.34. The Labute approximate surface area is 203 Å². The molecule has 4 aromatic rings. The van der Waals surface area contributed by atoms with E-state index in [4.69, 9.17) is 4.74 Å². The third-order valence-corrected chi connectivity index (χ3v) is 7.18. The number of benzene rings is 1. The van der Waals surface area contributed by atoms with E-state index in [9.17, 15) is 9.50 Å². The highest BCUT2D eigenvalue weighted by atomic mass is 19.1. The van der Waals surface area contributed by atoms with Gasteiger partial charge in [0.1, 0.15) is 5.75 Å². The topological polar surface area (TPSA) is 75.8 Å². The second-order valence-electron chi connectivity index (χ2n) is 9.61. The molecule has 2 fully saturated rings. The molecule has 0 amide bonds. The van der Waals surface area contributed by atoms with Crippen LogP contribution in [-0.2, 0) is 4.74 Å². The summed E-state index contributed by atoms with van der Waals surface area (Å²) in [5, 5.41) is 19.6. The van der Waals surface area contributed by atoms with Gasteiger partial charge in [0.25, 0.3) is 0 Å². The molecule has 1 unspecified atom stereocenters. The molecule has 0 saturated carbocycles. The van der Waals surface area contributed by atoms with E-state index in [1.165, 1.54) is 12.5 Å². The molecule has 1 N–H and O–H groups in total. The molecule has 2 saturated heterocycles. The van der Waals surface area contributed by atoms with E-state index in [0.717, 1.165) is 50.5 Å². The van der Waals surface area contributed by atoms with Crippen LogP contribution in [0.3, 0.4) is 0 Å². The number of nitrogens with zero attached hydrogens (tertiary/aromatic N) is 5. The summed E-state index contributed by atoms with van der Waals surface area (Å²) < 4.78 is 21.8. The first kappa shape index (κ1) is 22.1. The van der Waals surface area contributed by atoms with Crippen LogP contribution in [0.5, 0.6) is 5.75 Å². The number of phenolic OH excluding ortho intramolecular Hbond substituents is 1. The smallest absolute Gasteiger partial charge is 0.173 e. The van der Waals surface area contributed by atoms with E-state index in [-0.39, 0.29) is 5.75 Å². The molecule has 7 nitrogen and oxygen atoms in total. The van der Waals surface area contributed by atoms with Crippen molar-refractivity contribution >= 4 is 5.65 Å². The molecule has 3 aromatic heterocycles. The molecule has 2 aliphatic rings. The van der Waals surface area contributed by atoms with Crippen LogP contribution in [-0.4, -0.2) is 61.9 Å². The predicted octanol–water partition coefficient (Wildman–Crippen LogP) is 4.58. The molecule has 6 rings (SSSR count). The molecule has 1 aromatic carbocycles. The van der Waals surface area contributed by atoms with Gasteiger partial charge in [-0.25, -0.2) is 9.37 Å². The van der Waals surface area contributed by atoms with Gasteiger partial charge in [0.15, 0.2) is 11.5 Å². The number of hydrogen-bond donors (Lipinski definition) is 1. The van der Waals surface area contributed by atoms with Crippen molar-refractivity contribution in [2.24, 2.45) is 0 Å². The Morgan fingerprint density at radius 3 is 2.69 bits per heavy atom. The number of fused-ring (bicyclic) bond motifs is 1. The lowest BCUT2D eigenvalue weighted by molar-refractivity contribution is 0.0727. The first-order valence-electron chi connectivity index (χ1n) is 12.2. The Morgan fingerprint density at radius 1 is 1.00 bits per heavy atom. The van der Waals surface area contributed by atoms with Gasteiger partial charge >= 0.3 is 0 Å². The fourth-order valence-corrected chi connectivity index (χ4v) is 5.22. The van der Waals surface area contributed by atoms with Gasteiger partial charge in [0.2, 0.25) is 0 Å². The molecule has 0 bridgehead atoms. The van der Waals surface area contributed by atoms with Crippen LogP contribution in [0.1, 0.15) is 36.6 Å². The lowest BCUT2D eigenvalue weighted by atomic mass is 9.91. The van der Waals surface area contributed by atoms with Gasteiger partial charge in [-0.15, -0.1) is 0 Å². The number of pyridine rings is 1. The minimum absolute atomic E-state index is 0.0808. The van der Waals surface area contributed by atoms with Crippen LogP contribution in [0.4, 0.5) is 4.39 Å². The molecule has 5 heterocycles. The summed E-state index contributed by atoms with van der Waals surface area (Å²) >= 11 is 0. The van der Waals surface area contributed by atoms with Crippen LogP contribution in [0, 0.1) is 12.7 Å². The monoisotopic (exact) mass is 473 g/mol. The zero-order valence-electron chi connectivity index (χ0n) is 19.7. The summed E-state index contributed by atoms with van der Waals surface area (Å²) in [6, 6.07) is 11.3. The zero-order chi connectivity index (χ0) is 23.9. The molecule has 2 aliphatic heterocycles. The van der Waals surface area contributed by atoms with E-state index < -0.39 is 5.82 Å². The van der Waals surface area contributed by atoms with Gasteiger partial charge in [-0.1, -0.05) is 6.07 Å². The number of halogens is 1. The highest BCUT2D eigenvalue weighted by molar-refractivity contribution is 5.74. The maximum absolute atomic E-state index is 14.5. The molecule has 1 atom stereocenters. The van der Waals surface area contributed by atoms with Crippen LogP contribution < -0.4 is 0 Å². The summed E-state index contributed by atoms with van der Waals surface area (Å²) in [4.78, 5) is 6.73. The van der Waals surface area contributed by atoms with E-state index in [0.29, 0.717) is 40.0 Å². The Kier molecular flexibility index (Phi) is 5.70. The maximum atomic E-state index is 14.5. The normalized spacial score (nSPS) is 19.5. The zero-order valence-corrected chi connectivity index (χ0v) is 19.7. The van der Waals surface area contributed by atoms with Gasteiger partial charge in [0.05, 0.1) is 17.1 Å². The molecular weight excluding hydrogens is 445 g/mol. The Morgan fingerprint density at radius 2 is 1.89 bits per heavy atom. The van der Waals surface area contributed by atoms with Crippen molar-refractivity contribution in [2.45, 2.75) is 38.1 Å². The standard InChI is InChI=1S/C27H28FN5O2/c1-17-13-33-14-19(11-23(28)27(33)29-17)18-4-5-22(26(34)12-18)25-7-6-24(30-31-25)20-15-32(16-20)21-3-2-9-35-10-8-21/h4-7,11-14,20-21,34H,2-3,8-10,15-16H2,1H3. The summed E-state index contributed by atoms with van der Waals surface area (Å²) in [5.74, 6) is 0.0770. The average molecular weight is 474 g/mol. The third-order valence-electron chi connectivity index (χ3n) is 7.18. The quantitative estimate of drug-likeness (QED) is 0.468. The summed E-state index contributed by atoms with van der Waals surface area (Å²) in [6.07, 6.45) is 7.03. The van der Waals surface area contributed by atoms with Crippen molar-refractivity contribution < 1.29 is 14.2 Å². The summed E-state index contributed by atoms with van der Waals surface area (Å²) in [6.45, 7) is 5.58. The lowest BCUT2D eigenvalue weighted by Crippen LogP contribution is -2.51. The van der Waals surface area contributed by atoms with E-state index >= 15 is 0 Å². The van der Waals surface area contributed by atoms with Gasteiger partial charge in [0, 0.05) is 61.8 Å². The van der Waals surface area contributed by atoms with Crippen molar-refractivity contribution in [2.75, 3.05) is 26.3 Å². The Hall–Kier alpha value is -3.36. The fraction of sp³-hybridized carbons (Fsp3) is 0.370. The van der Waals surface area contributed by atoms with Gasteiger partial charge in [-0.3, -0.25) is 4.90 Å². The fourth-order valence-electron chi connectivity index (χ4n) is 5.22. The number of imidazole rings is 1. The van der Waals surface area contributed by atoms with Crippen LogP contribution >= 0.6 is 0 Å². The van der Waals surface area contributed by atoms with Gasteiger partial charge < -0.3 is 14.2 Å². The highest BCUT2D eigenvalue weighted by Gasteiger charge is 2.34. The Bertz CT molecular complexity index is 1360. The molecular formula is C27H28FN5O2. The maximum Gasteiger partial charge on any atom is 0.173 e. The van der Waals surface area contributed by atoms with Crippen LogP contribution in [0.2, 0.25) is 0 Å². The summed E-state index contributed by atoms with van der Waals surface area (Å²) in [5.41, 5.74) is 4.61. The van der Waals surface area contributed by atoms with Crippen molar-refractivity contribution in [3.63, 3.8) is 0 Å². The number of phenols is 1. The molecule has 0 aliphatic carbocycles. The molecule has 35 heavy (non-hydrogen) atoms. The number of aryl methyl sites for hydroxylation is 1. The first-order chi connectivity index (χ1) is 17.0. The van der Waals surface area contributed by atoms with E-state index in [1.807, 2.05) is 31.3 Å². The summed E-state index contributed by atoms with van der Waals surface area (Å²) in [7, 11) is 0.